The minimum atomic E-state index is -0.432. The molecule has 1 amide bonds. The predicted octanol–water partition coefficient (Wildman–Crippen LogP) is 1.58. The highest BCUT2D eigenvalue weighted by Crippen LogP contribution is 2.34. The maximum absolute atomic E-state index is 12.8. The van der Waals surface area contributed by atoms with Gasteiger partial charge >= 0.3 is 0 Å². The standard InChI is InChI=1S/C15H19N3O3/c1-9-12(4-3-5-14(9)18(20)21)15(19)17-8-11-6-16-7-13(11)10(17)2/h3-5,10-11,13,16H,6-8H2,1-2H3. The lowest BCUT2D eigenvalue weighted by Gasteiger charge is -2.25. The first-order chi connectivity index (χ1) is 10.0. The molecule has 0 bridgehead atoms. The summed E-state index contributed by atoms with van der Waals surface area (Å²) in [5.41, 5.74) is 0.911. The molecule has 0 radical (unpaired) electrons. The van der Waals surface area contributed by atoms with Crippen molar-refractivity contribution in [3.63, 3.8) is 0 Å². The summed E-state index contributed by atoms with van der Waals surface area (Å²) >= 11 is 0. The van der Waals surface area contributed by atoms with Gasteiger partial charge in [0.15, 0.2) is 0 Å². The van der Waals surface area contributed by atoms with Crippen LogP contribution < -0.4 is 5.32 Å². The monoisotopic (exact) mass is 289 g/mol. The van der Waals surface area contributed by atoms with Crippen LogP contribution in [0.15, 0.2) is 18.2 Å². The van der Waals surface area contributed by atoms with E-state index in [0.717, 1.165) is 19.6 Å². The number of nitro groups is 1. The van der Waals surface area contributed by atoms with Gasteiger partial charge in [0, 0.05) is 42.9 Å². The summed E-state index contributed by atoms with van der Waals surface area (Å²) in [6, 6.07) is 4.89. The Morgan fingerprint density at radius 1 is 1.43 bits per heavy atom. The van der Waals surface area contributed by atoms with Gasteiger partial charge < -0.3 is 10.2 Å². The summed E-state index contributed by atoms with van der Waals surface area (Å²) in [7, 11) is 0. The molecular formula is C15H19N3O3. The number of hydrogen-bond donors (Lipinski definition) is 1. The molecule has 1 aromatic carbocycles. The molecule has 3 atom stereocenters. The molecule has 1 N–H and O–H groups in total. The van der Waals surface area contributed by atoms with Crippen LogP contribution in [0.5, 0.6) is 0 Å². The minimum absolute atomic E-state index is 0.00885. The fourth-order valence-corrected chi connectivity index (χ4v) is 3.64. The molecule has 3 unspecified atom stereocenters. The van der Waals surface area contributed by atoms with Crippen molar-refractivity contribution in [2.75, 3.05) is 19.6 Å². The number of nitrogens with zero attached hydrogens (tertiary/aromatic N) is 2. The molecule has 2 heterocycles. The fraction of sp³-hybridized carbons (Fsp3) is 0.533. The van der Waals surface area contributed by atoms with Crippen LogP contribution in [0.2, 0.25) is 0 Å². The minimum Gasteiger partial charge on any atom is -0.335 e. The summed E-state index contributed by atoms with van der Waals surface area (Å²) in [5, 5.41) is 14.4. The van der Waals surface area contributed by atoms with Crippen molar-refractivity contribution in [3.05, 3.63) is 39.4 Å². The van der Waals surface area contributed by atoms with Crippen LogP contribution in [0.4, 0.5) is 5.69 Å². The van der Waals surface area contributed by atoms with E-state index in [9.17, 15) is 14.9 Å². The summed E-state index contributed by atoms with van der Waals surface area (Å²) in [5.74, 6) is 0.911. The zero-order valence-corrected chi connectivity index (χ0v) is 12.2. The Hall–Kier alpha value is -1.95. The van der Waals surface area contributed by atoms with Gasteiger partial charge in [0.25, 0.3) is 11.6 Å². The van der Waals surface area contributed by atoms with Crippen molar-refractivity contribution in [3.8, 4) is 0 Å². The number of amides is 1. The number of hydrogen-bond acceptors (Lipinski definition) is 4. The van der Waals surface area contributed by atoms with Crippen LogP contribution in [0.25, 0.3) is 0 Å². The number of benzene rings is 1. The van der Waals surface area contributed by atoms with E-state index >= 15 is 0 Å². The van der Waals surface area contributed by atoms with E-state index < -0.39 is 4.92 Å². The van der Waals surface area contributed by atoms with Crippen LogP contribution >= 0.6 is 0 Å². The topological polar surface area (TPSA) is 75.5 Å². The van der Waals surface area contributed by atoms with Gasteiger partial charge in [-0.15, -0.1) is 0 Å². The van der Waals surface area contributed by atoms with Crippen molar-refractivity contribution in [1.29, 1.82) is 0 Å². The molecule has 2 saturated heterocycles. The molecule has 21 heavy (non-hydrogen) atoms. The Morgan fingerprint density at radius 3 is 2.86 bits per heavy atom. The molecule has 0 saturated carbocycles. The van der Waals surface area contributed by atoms with Gasteiger partial charge in [-0.3, -0.25) is 14.9 Å². The van der Waals surface area contributed by atoms with Crippen LogP contribution in [0, 0.1) is 28.9 Å². The third-order valence-corrected chi connectivity index (χ3v) is 4.93. The van der Waals surface area contributed by atoms with Gasteiger partial charge in [-0.25, -0.2) is 0 Å². The molecule has 6 heteroatoms. The Labute approximate surface area is 123 Å². The molecule has 3 rings (SSSR count). The Kier molecular flexibility index (Phi) is 3.41. The first kappa shape index (κ1) is 14.0. The van der Waals surface area contributed by atoms with Crippen molar-refractivity contribution in [1.82, 2.24) is 10.2 Å². The number of carbonyl (C=O) groups is 1. The van der Waals surface area contributed by atoms with E-state index in [1.54, 1.807) is 19.1 Å². The second kappa shape index (κ2) is 5.11. The average Bonchev–Trinajstić information content (AvgIpc) is 3.01. The van der Waals surface area contributed by atoms with E-state index in [1.807, 2.05) is 4.90 Å². The zero-order chi connectivity index (χ0) is 15.1. The summed E-state index contributed by atoms with van der Waals surface area (Å²) in [6.07, 6.45) is 0. The summed E-state index contributed by atoms with van der Waals surface area (Å²) in [4.78, 5) is 25.2. The second-order valence-electron chi connectivity index (χ2n) is 5.99. The molecule has 2 aliphatic heterocycles. The van der Waals surface area contributed by atoms with E-state index in [-0.39, 0.29) is 17.6 Å². The smallest absolute Gasteiger partial charge is 0.273 e. The third kappa shape index (κ3) is 2.19. The number of nitrogens with one attached hydrogen (secondary N) is 1. The van der Waals surface area contributed by atoms with Crippen molar-refractivity contribution in [2.45, 2.75) is 19.9 Å². The lowest BCUT2D eigenvalue weighted by atomic mass is 9.95. The Bertz CT molecular complexity index is 602. The molecule has 112 valence electrons. The second-order valence-corrected chi connectivity index (χ2v) is 5.99. The zero-order valence-electron chi connectivity index (χ0n) is 12.2. The number of likely N-dealkylation sites (tertiary alicyclic amines) is 1. The number of carbonyl (C=O) groups excluding carboxylic acids is 1. The summed E-state index contributed by atoms with van der Waals surface area (Å²) < 4.78 is 0. The molecule has 0 aromatic heterocycles. The Balaban J connectivity index is 1.90. The maximum Gasteiger partial charge on any atom is 0.273 e. The lowest BCUT2D eigenvalue weighted by molar-refractivity contribution is -0.385. The lowest BCUT2D eigenvalue weighted by Crippen LogP contribution is -2.38. The van der Waals surface area contributed by atoms with E-state index in [2.05, 4.69) is 12.2 Å². The average molecular weight is 289 g/mol. The molecule has 0 spiro atoms. The normalized spacial score (nSPS) is 27.7. The maximum atomic E-state index is 12.8. The van der Waals surface area contributed by atoms with Crippen molar-refractivity contribution >= 4 is 11.6 Å². The third-order valence-electron chi connectivity index (χ3n) is 4.93. The first-order valence-electron chi connectivity index (χ1n) is 7.26. The highest BCUT2D eigenvalue weighted by Gasteiger charge is 2.44. The molecular weight excluding hydrogens is 270 g/mol. The van der Waals surface area contributed by atoms with Crippen LogP contribution in [-0.4, -0.2) is 41.4 Å². The van der Waals surface area contributed by atoms with E-state index in [4.69, 9.17) is 0 Å². The van der Waals surface area contributed by atoms with Gasteiger partial charge in [-0.2, -0.15) is 0 Å². The largest absolute Gasteiger partial charge is 0.335 e. The number of rotatable bonds is 2. The molecule has 2 aliphatic rings. The number of fused-ring (bicyclic) bond motifs is 1. The molecule has 6 nitrogen and oxygen atoms in total. The first-order valence-corrected chi connectivity index (χ1v) is 7.26. The molecule has 2 fully saturated rings. The van der Waals surface area contributed by atoms with Crippen LogP contribution in [0.3, 0.4) is 0 Å². The highest BCUT2D eigenvalue weighted by molar-refractivity contribution is 5.97. The van der Waals surface area contributed by atoms with Crippen molar-refractivity contribution in [2.24, 2.45) is 11.8 Å². The van der Waals surface area contributed by atoms with Crippen LogP contribution in [0.1, 0.15) is 22.8 Å². The van der Waals surface area contributed by atoms with Gasteiger partial charge in [-0.1, -0.05) is 6.07 Å². The van der Waals surface area contributed by atoms with Gasteiger partial charge in [0.2, 0.25) is 0 Å². The van der Waals surface area contributed by atoms with E-state index in [0.29, 0.717) is 23.0 Å². The summed E-state index contributed by atoms with van der Waals surface area (Å²) in [6.45, 7) is 6.35. The van der Waals surface area contributed by atoms with Crippen molar-refractivity contribution < 1.29 is 9.72 Å². The predicted molar refractivity (Wildman–Crippen MR) is 78.2 cm³/mol. The van der Waals surface area contributed by atoms with Gasteiger partial charge in [0.1, 0.15) is 0 Å². The van der Waals surface area contributed by atoms with Gasteiger partial charge in [-0.05, 0) is 31.7 Å². The fourth-order valence-electron chi connectivity index (χ4n) is 3.64. The number of nitro benzene ring substituents is 1. The SMILES string of the molecule is Cc1c(C(=O)N2CC3CNCC3C2C)cccc1[N+](=O)[O-]. The quantitative estimate of drug-likeness (QED) is 0.662. The van der Waals surface area contributed by atoms with Gasteiger partial charge in [0.05, 0.1) is 4.92 Å². The molecule has 0 aliphatic carbocycles. The molecule has 1 aromatic rings. The van der Waals surface area contributed by atoms with Crippen LogP contribution in [-0.2, 0) is 0 Å². The van der Waals surface area contributed by atoms with E-state index in [1.165, 1.54) is 6.07 Å². The highest BCUT2D eigenvalue weighted by atomic mass is 16.6. The Morgan fingerprint density at radius 2 is 2.19 bits per heavy atom.